The molecule has 1 aliphatic rings. The van der Waals surface area contributed by atoms with Crippen LogP contribution >= 0.6 is 0 Å². The topological polar surface area (TPSA) is 73.3 Å². The van der Waals surface area contributed by atoms with Crippen LogP contribution in [0.25, 0.3) is 0 Å². The maximum atomic E-state index is 11.7. The van der Waals surface area contributed by atoms with E-state index in [0.717, 1.165) is 5.56 Å². The van der Waals surface area contributed by atoms with Crippen molar-refractivity contribution in [2.75, 3.05) is 6.61 Å². The molecule has 1 aromatic carbocycles. The average molecular weight is 300 g/mol. The predicted molar refractivity (Wildman–Crippen MR) is 80.5 cm³/mol. The average Bonchev–Trinajstić information content (AvgIpc) is 2.97. The van der Waals surface area contributed by atoms with Crippen molar-refractivity contribution in [3.8, 4) is 0 Å². The number of H-pyrrole nitrogens is 1. The van der Waals surface area contributed by atoms with Gasteiger partial charge in [0.1, 0.15) is 6.10 Å². The minimum Gasteiger partial charge on any atom is -0.374 e. The molecule has 6 nitrogen and oxygen atoms in total. The second-order valence-electron chi connectivity index (χ2n) is 4.97. The van der Waals surface area contributed by atoms with Crippen molar-refractivity contribution >= 4 is 0 Å². The van der Waals surface area contributed by atoms with Crippen LogP contribution in [0.1, 0.15) is 11.8 Å². The Morgan fingerprint density at radius 3 is 2.73 bits per heavy atom. The molecule has 0 spiro atoms. The molecule has 2 atom stereocenters. The molecule has 1 unspecified atom stereocenters. The molecule has 3 rings (SSSR count). The lowest BCUT2D eigenvalue weighted by Crippen LogP contribution is -2.32. The number of benzene rings is 1. The van der Waals surface area contributed by atoms with Crippen LogP contribution in [0.4, 0.5) is 0 Å². The summed E-state index contributed by atoms with van der Waals surface area (Å²) < 4.78 is 12.7. The number of hydrogen-bond acceptors (Lipinski definition) is 4. The maximum absolute atomic E-state index is 11.7. The van der Waals surface area contributed by atoms with Crippen molar-refractivity contribution in [3.63, 3.8) is 0 Å². The van der Waals surface area contributed by atoms with Crippen molar-refractivity contribution in [2.45, 2.75) is 18.9 Å². The summed E-state index contributed by atoms with van der Waals surface area (Å²) in [6, 6.07) is 11.2. The van der Waals surface area contributed by atoms with Crippen molar-refractivity contribution in [2.24, 2.45) is 0 Å². The van der Waals surface area contributed by atoms with E-state index < -0.39 is 17.5 Å². The Kier molecular flexibility index (Phi) is 4.32. The van der Waals surface area contributed by atoms with E-state index in [-0.39, 0.29) is 6.10 Å². The fourth-order valence-electron chi connectivity index (χ4n) is 2.24. The Bertz CT molecular complexity index is 763. The summed E-state index contributed by atoms with van der Waals surface area (Å²) in [6.07, 6.45) is 4.31. The summed E-state index contributed by atoms with van der Waals surface area (Å²) in [5.41, 5.74) is 0.178. The van der Waals surface area contributed by atoms with Gasteiger partial charge in [-0.05, 0) is 11.6 Å². The largest absolute Gasteiger partial charge is 0.374 e. The molecule has 0 aliphatic carbocycles. The van der Waals surface area contributed by atoms with Crippen LogP contribution in [0.3, 0.4) is 0 Å². The minimum atomic E-state index is -0.519. The van der Waals surface area contributed by atoms with Crippen LogP contribution in [0.2, 0.25) is 0 Å². The van der Waals surface area contributed by atoms with E-state index in [1.807, 2.05) is 36.4 Å². The number of nitrogens with one attached hydrogen (secondary N) is 1. The third-order valence-corrected chi connectivity index (χ3v) is 3.32. The number of rotatable bonds is 5. The molecule has 0 amide bonds. The lowest BCUT2D eigenvalue weighted by atomic mass is 10.2. The lowest BCUT2D eigenvalue weighted by Gasteiger charge is -2.16. The van der Waals surface area contributed by atoms with Gasteiger partial charge >= 0.3 is 5.69 Å². The van der Waals surface area contributed by atoms with Crippen molar-refractivity contribution in [1.29, 1.82) is 0 Å². The molecule has 6 heteroatoms. The van der Waals surface area contributed by atoms with E-state index in [2.05, 4.69) is 4.98 Å². The van der Waals surface area contributed by atoms with Crippen LogP contribution in [0.5, 0.6) is 0 Å². The summed E-state index contributed by atoms with van der Waals surface area (Å²) in [6.45, 7) is 0.914. The summed E-state index contributed by atoms with van der Waals surface area (Å²) in [4.78, 5) is 24.9. The van der Waals surface area contributed by atoms with E-state index in [9.17, 15) is 9.59 Å². The van der Waals surface area contributed by atoms with Crippen LogP contribution < -0.4 is 11.2 Å². The van der Waals surface area contributed by atoms with Crippen LogP contribution in [-0.4, -0.2) is 22.3 Å². The molecule has 0 saturated carbocycles. The van der Waals surface area contributed by atoms with Crippen LogP contribution in [0.15, 0.2) is 64.3 Å². The van der Waals surface area contributed by atoms with E-state index in [0.29, 0.717) is 13.2 Å². The van der Waals surface area contributed by atoms with Gasteiger partial charge in [-0.3, -0.25) is 14.3 Å². The van der Waals surface area contributed by atoms with Crippen LogP contribution in [0, 0.1) is 0 Å². The van der Waals surface area contributed by atoms with E-state index in [1.165, 1.54) is 16.8 Å². The Labute approximate surface area is 126 Å². The Morgan fingerprint density at radius 2 is 1.95 bits per heavy atom. The molecule has 1 aliphatic heterocycles. The Morgan fingerprint density at radius 1 is 1.14 bits per heavy atom. The van der Waals surface area contributed by atoms with Crippen molar-refractivity contribution < 1.29 is 9.47 Å². The zero-order valence-electron chi connectivity index (χ0n) is 11.8. The fourth-order valence-corrected chi connectivity index (χ4v) is 2.24. The third-order valence-electron chi connectivity index (χ3n) is 3.32. The number of hydrogen-bond donors (Lipinski definition) is 1. The predicted octanol–water partition coefficient (Wildman–Crippen LogP) is 1.21. The second-order valence-corrected chi connectivity index (χ2v) is 4.97. The summed E-state index contributed by atoms with van der Waals surface area (Å²) in [5, 5.41) is 0. The highest BCUT2D eigenvalue weighted by molar-refractivity contribution is 5.13. The summed E-state index contributed by atoms with van der Waals surface area (Å²) in [5.74, 6) is 0. The highest BCUT2D eigenvalue weighted by Crippen LogP contribution is 2.19. The molecular formula is C16H16N2O4. The monoisotopic (exact) mass is 300 g/mol. The standard InChI is InChI=1S/C16H16N2O4/c19-14-8-9-18(16(20)17-14)15-7-6-13(22-15)11-21-10-12-4-2-1-3-5-12/h1-9,13,15H,10-11H2,(H,17,19,20)/t13-,15?/m1/s1. The molecule has 114 valence electrons. The third kappa shape index (κ3) is 3.41. The van der Waals surface area contributed by atoms with Gasteiger partial charge in [0, 0.05) is 12.3 Å². The van der Waals surface area contributed by atoms with Gasteiger partial charge in [-0.25, -0.2) is 4.79 Å². The lowest BCUT2D eigenvalue weighted by molar-refractivity contribution is -0.0342. The zero-order valence-corrected chi connectivity index (χ0v) is 11.8. The zero-order chi connectivity index (χ0) is 15.4. The van der Waals surface area contributed by atoms with E-state index in [1.54, 1.807) is 6.08 Å². The molecule has 2 aromatic rings. The molecule has 0 fully saturated rings. The maximum Gasteiger partial charge on any atom is 0.330 e. The second kappa shape index (κ2) is 6.55. The highest BCUT2D eigenvalue weighted by atomic mass is 16.5. The first kappa shape index (κ1) is 14.5. The van der Waals surface area contributed by atoms with E-state index >= 15 is 0 Å². The molecular weight excluding hydrogens is 284 g/mol. The number of nitrogens with zero attached hydrogens (tertiary/aromatic N) is 1. The summed E-state index contributed by atoms with van der Waals surface area (Å²) >= 11 is 0. The molecule has 0 saturated heterocycles. The first-order valence-electron chi connectivity index (χ1n) is 6.99. The quantitative estimate of drug-likeness (QED) is 0.842. The van der Waals surface area contributed by atoms with Gasteiger partial charge in [-0.2, -0.15) is 0 Å². The van der Waals surface area contributed by atoms with Crippen molar-refractivity contribution in [3.05, 3.63) is 81.1 Å². The first-order chi connectivity index (χ1) is 10.7. The number of aromatic amines is 1. The molecule has 0 bridgehead atoms. The first-order valence-corrected chi connectivity index (χ1v) is 6.99. The SMILES string of the molecule is O=c1ccn(C2C=C[C@H](COCc3ccccc3)O2)c(=O)[nH]1. The van der Waals surface area contributed by atoms with Gasteiger partial charge in [0.05, 0.1) is 13.2 Å². The molecule has 0 radical (unpaired) electrons. The van der Waals surface area contributed by atoms with Gasteiger partial charge in [0.2, 0.25) is 0 Å². The minimum absolute atomic E-state index is 0.215. The van der Waals surface area contributed by atoms with Gasteiger partial charge in [0.25, 0.3) is 5.56 Å². The summed E-state index contributed by atoms with van der Waals surface area (Å²) in [7, 11) is 0. The molecule has 22 heavy (non-hydrogen) atoms. The van der Waals surface area contributed by atoms with Crippen molar-refractivity contribution in [1.82, 2.24) is 9.55 Å². The fraction of sp³-hybridized carbons (Fsp3) is 0.250. The molecule has 2 heterocycles. The van der Waals surface area contributed by atoms with Gasteiger partial charge in [-0.15, -0.1) is 0 Å². The van der Waals surface area contributed by atoms with E-state index in [4.69, 9.17) is 9.47 Å². The smallest absolute Gasteiger partial charge is 0.330 e. The number of ether oxygens (including phenoxy) is 2. The van der Waals surface area contributed by atoms with Crippen LogP contribution in [-0.2, 0) is 16.1 Å². The number of aromatic nitrogens is 2. The molecule has 1 N–H and O–H groups in total. The van der Waals surface area contributed by atoms with Gasteiger partial charge < -0.3 is 9.47 Å². The Hall–Kier alpha value is -2.44. The normalized spacial score (nSPS) is 20.4. The highest BCUT2D eigenvalue weighted by Gasteiger charge is 2.21. The van der Waals surface area contributed by atoms with Gasteiger partial charge in [0.15, 0.2) is 6.23 Å². The molecule has 1 aromatic heterocycles. The van der Waals surface area contributed by atoms with Gasteiger partial charge in [-0.1, -0.05) is 36.4 Å². The Balaban J connectivity index is 1.53.